The van der Waals surface area contributed by atoms with E-state index < -0.39 is 10.0 Å². The molecule has 1 aliphatic rings. The van der Waals surface area contributed by atoms with Crippen LogP contribution in [0.1, 0.15) is 12.8 Å². The zero-order valence-corrected chi connectivity index (χ0v) is 16.1. The van der Waals surface area contributed by atoms with Gasteiger partial charge in [-0.3, -0.25) is 0 Å². The molecule has 0 saturated carbocycles. The minimum absolute atomic E-state index is 0.145. The topological polar surface area (TPSA) is 113 Å². The Hall–Kier alpha value is -2.37. The van der Waals surface area contributed by atoms with Crippen molar-refractivity contribution in [3.8, 4) is 0 Å². The average Bonchev–Trinajstić information content (AvgIpc) is 3.36. The molecular weight excluding hydrogens is 386 g/mol. The lowest BCUT2D eigenvalue weighted by Gasteiger charge is -2.16. The number of nitrogens with zero attached hydrogens (tertiary/aromatic N) is 5. The van der Waals surface area contributed by atoms with Gasteiger partial charge >= 0.3 is 0 Å². The van der Waals surface area contributed by atoms with E-state index in [9.17, 15) is 8.42 Å². The fraction of sp³-hybridized carbons (Fsp3) is 0.375. The minimum Gasteiger partial charge on any atom is -0.369 e. The van der Waals surface area contributed by atoms with Gasteiger partial charge in [0.1, 0.15) is 33.9 Å². The Morgan fingerprint density at radius 2 is 1.96 bits per heavy atom. The molecule has 0 bridgehead atoms. The van der Waals surface area contributed by atoms with Crippen LogP contribution in [0.3, 0.4) is 0 Å². The van der Waals surface area contributed by atoms with Gasteiger partial charge in [0, 0.05) is 32.2 Å². The van der Waals surface area contributed by atoms with Crippen molar-refractivity contribution in [3.63, 3.8) is 0 Å². The molecule has 0 unspecified atom stereocenters. The van der Waals surface area contributed by atoms with Crippen molar-refractivity contribution in [1.82, 2.24) is 23.4 Å². The van der Waals surface area contributed by atoms with Crippen molar-refractivity contribution in [2.24, 2.45) is 0 Å². The van der Waals surface area contributed by atoms with E-state index in [2.05, 4.69) is 33.7 Å². The molecule has 142 valence electrons. The molecule has 11 heteroatoms. The number of benzene rings is 1. The molecule has 4 rings (SSSR count). The molecule has 0 atom stereocenters. The van der Waals surface area contributed by atoms with Crippen LogP contribution in [-0.2, 0) is 10.0 Å². The Kier molecular flexibility index (Phi) is 5.14. The Bertz CT molecular complexity index is 1030. The highest BCUT2D eigenvalue weighted by atomic mass is 32.2. The first kappa shape index (κ1) is 18.0. The molecule has 0 spiro atoms. The van der Waals surface area contributed by atoms with E-state index in [1.54, 1.807) is 12.1 Å². The van der Waals surface area contributed by atoms with Crippen LogP contribution >= 0.6 is 11.7 Å². The van der Waals surface area contributed by atoms with Gasteiger partial charge in [-0.05, 0) is 25.0 Å². The molecule has 1 fully saturated rings. The van der Waals surface area contributed by atoms with E-state index in [4.69, 9.17) is 0 Å². The third kappa shape index (κ3) is 3.99. The van der Waals surface area contributed by atoms with E-state index in [0.29, 0.717) is 23.4 Å². The quantitative estimate of drug-likeness (QED) is 0.568. The second kappa shape index (κ2) is 7.71. The molecule has 0 amide bonds. The first-order valence-electron chi connectivity index (χ1n) is 8.65. The van der Waals surface area contributed by atoms with Gasteiger partial charge in [-0.25, -0.2) is 23.1 Å². The van der Waals surface area contributed by atoms with E-state index in [-0.39, 0.29) is 11.4 Å². The summed E-state index contributed by atoms with van der Waals surface area (Å²) in [6.45, 7) is 2.64. The van der Waals surface area contributed by atoms with Gasteiger partial charge in [-0.2, -0.15) is 8.75 Å². The van der Waals surface area contributed by atoms with E-state index in [1.165, 1.54) is 25.2 Å². The van der Waals surface area contributed by atoms with Crippen LogP contribution in [0, 0.1) is 0 Å². The number of hydrogen-bond acceptors (Lipinski definition) is 9. The summed E-state index contributed by atoms with van der Waals surface area (Å²) in [5.74, 6) is 1.57. The van der Waals surface area contributed by atoms with Gasteiger partial charge in [-0.1, -0.05) is 6.07 Å². The summed E-state index contributed by atoms with van der Waals surface area (Å²) in [7, 11) is -3.66. The Balaban J connectivity index is 1.36. The second-order valence-corrected chi connectivity index (χ2v) is 8.43. The first-order chi connectivity index (χ1) is 13.1. The van der Waals surface area contributed by atoms with Gasteiger partial charge in [0.05, 0.1) is 11.7 Å². The molecule has 3 aromatic rings. The standard InChI is InChI=1S/C16H19N7O2S2/c24-27(25,13-5-3-4-12-16(13)22-26-21-12)20-7-6-17-14-10-15(19-11-18-14)23-8-1-2-9-23/h3-5,10-11,20H,1-2,6-9H2,(H,17,18,19). The van der Waals surface area contributed by atoms with Crippen LogP contribution in [0.5, 0.6) is 0 Å². The summed E-state index contributed by atoms with van der Waals surface area (Å²) in [6, 6.07) is 6.83. The van der Waals surface area contributed by atoms with Crippen LogP contribution in [-0.4, -0.2) is 53.3 Å². The number of aromatic nitrogens is 4. The van der Waals surface area contributed by atoms with Crippen molar-refractivity contribution in [2.75, 3.05) is 36.4 Å². The minimum atomic E-state index is -3.66. The lowest BCUT2D eigenvalue weighted by Crippen LogP contribution is -2.29. The molecule has 2 aromatic heterocycles. The first-order valence-corrected chi connectivity index (χ1v) is 10.9. The lowest BCUT2D eigenvalue weighted by molar-refractivity contribution is 0.583. The highest BCUT2D eigenvalue weighted by molar-refractivity contribution is 7.89. The monoisotopic (exact) mass is 405 g/mol. The van der Waals surface area contributed by atoms with Crippen molar-refractivity contribution in [2.45, 2.75) is 17.7 Å². The van der Waals surface area contributed by atoms with Crippen molar-refractivity contribution < 1.29 is 8.42 Å². The summed E-state index contributed by atoms with van der Waals surface area (Å²) >= 11 is 0.998. The molecule has 3 heterocycles. The molecule has 1 aromatic carbocycles. The van der Waals surface area contributed by atoms with Gasteiger partial charge in [0.25, 0.3) is 0 Å². The zero-order chi connectivity index (χ0) is 18.7. The molecule has 0 radical (unpaired) electrons. The fourth-order valence-corrected chi connectivity index (χ4v) is 4.81. The largest absolute Gasteiger partial charge is 0.369 e. The van der Waals surface area contributed by atoms with Gasteiger partial charge in [0.2, 0.25) is 10.0 Å². The Labute approximate surface area is 161 Å². The van der Waals surface area contributed by atoms with Gasteiger partial charge < -0.3 is 10.2 Å². The van der Waals surface area contributed by atoms with E-state index in [1.807, 2.05) is 6.07 Å². The predicted octanol–water partition coefficient (Wildman–Crippen LogP) is 1.47. The maximum atomic E-state index is 12.5. The van der Waals surface area contributed by atoms with Crippen LogP contribution in [0.4, 0.5) is 11.6 Å². The molecule has 1 aliphatic heterocycles. The van der Waals surface area contributed by atoms with Crippen LogP contribution in [0.15, 0.2) is 35.5 Å². The number of nitrogens with one attached hydrogen (secondary N) is 2. The number of sulfonamides is 1. The SMILES string of the molecule is O=S(=O)(NCCNc1cc(N2CCCC2)ncn1)c1cccc2nsnc12. The number of fused-ring (bicyclic) bond motifs is 1. The number of rotatable bonds is 7. The molecule has 27 heavy (non-hydrogen) atoms. The van der Waals surface area contributed by atoms with E-state index in [0.717, 1.165) is 30.6 Å². The Morgan fingerprint density at radius 1 is 1.11 bits per heavy atom. The molecule has 9 nitrogen and oxygen atoms in total. The van der Waals surface area contributed by atoms with Crippen molar-refractivity contribution in [3.05, 3.63) is 30.6 Å². The zero-order valence-electron chi connectivity index (χ0n) is 14.5. The third-order valence-electron chi connectivity index (χ3n) is 4.34. The lowest BCUT2D eigenvalue weighted by atomic mass is 10.3. The average molecular weight is 406 g/mol. The highest BCUT2D eigenvalue weighted by Gasteiger charge is 2.19. The molecule has 2 N–H and O–H groups in total. The normalized spacial score (nSPS) is 14.7. The van der Waals surface area contributed by atoms with Crippen LogP contribution < -0.4 is 14.9 Å². The smallest absolute Gasteiger partial charge is 0.242 e. The van der Waals surface area contributed by atoms with E-state index >= 15 is 0 Å². The summed E-state index contributed by atoms with van der Waals surface area (Å²) in [6.07, 6.45) is 3.88. The van der Waals surface area contributed by atoms with Crippen molar-refractivity contribution in [1.29, 1.82) is 0 Å². The number of hydrogen-bond donors (Lipinski definition) is 2. The summed E-state index contributed by atoms with van der Waals surface area (Å²) in [5, 5.41) is 3.13. The van der Waals surface area contributed by atoms with Crippen LogP contribution in [0.2, 0.25) is 0 Å². The molecular formula is C16H19N7O2S2. The van der Waals surface area contributed by atoms with Gasteiger partial charge in [0.15, 0.2) is 0 Å². The Morgan fingerprint density at radius 3 is 2.81 bits per heavy atom. The highest BCUT2D eigenvalue weighted by Crippen LogP contribution is 2.21. The molecule has 1 saturated heterocycles. The van der Waals surface area contributed by atoms with Crippen molar-refractivity contribution >= 4 is 44.4 Å². The number of anilines is 2. The summed E-state index contributed by atoms with van der Waals surface area (Å²) < 4.78 is 35.8. The second-order valence-electron chi connectivity index (χ2n) is 6.17. The summed E-state index contributed by atoms with van der Waals surface area (Å²) in [4.78, 5) is 10.9. The third-order valence-corrected chi connectivity index (χ3v) is 6.38. The summed E-state index contributed by atoms with van der Waals surface area (Å²) in [5.41, 5.74) is 0.977. The van der Waals surface area contributed by atoms with Gasteiger partial charge in [-0.15, -0.1) is 0 Å². The maximum absolute atomic E-state index is 12.5. The fourth-order valence-electron chi connectivity index (χ4n) is 3.01. The maximum Gasteiger partial charge on any atom is 0.242 e. The molecule has 0 aliphatic carbocycles. The van der Waals surface area contributed by atoms with Crippen LogP contribution in [0.25, 0.3) is 11.0 Å². The predicted molar refractivity (Wildman–Crippen MR) is 105 cm³/mol.